The minimum absolute atomic E-state index is 0.00829. The Morgan fingerprint density at radius 3 is 2.67 bits per heavy atom. The third kappa shape index (κ3) is 2.26. The number of nitro groups is 1. The van der Waals surface area contributed by atoms with Crippen molar-refractivity contribution < 1.29 is 4.92 Å². The van der Waals surface area contributed by atoms with Crippen LogP contribution in [0, 0.1) is 45.1 Å². The van der Waals surface area contributed by atoms with Crippen LogP contribution in [-0.4, -0.2) is 9.91 Å². The van der Waals surface area contributed by atoms with Crippen LogP contribution in [0.25, 0.3) is 0 Å². The van der Waals surface area contributed by atoms with Gasteiger partial charge in [0.2, 0.25) is 0 Å². The largest absolute Gasteiger partial charge is 0.293 e. The lowest BCUT2D eigenvalue weighted by molar-refractivity contribution is -0.386. The van der Waals surface area contributed by atoms with E-state index >= 15 is 0 Å². The highest BCUT2D eigenvalue weighted by Gasteiger charge is 2.39. The van der Waals surface area contributed by atoms with Gasteiger partial charge in [-0.1, -0.05) is 0 Å². The molecular weight excluding hydrogens is 232 g/mol. The number of terminal acetylenes is 1. The van der Waals surface area contributed by atoms with Crippen LogP contribution < -0.4 is 0 Å². The molecule has 18 heavy (non-hydrogen) atoms. The highest BCUT2D eigenvalue weighted by Crippen LogP contribution is 2.32. The summed E-state index contributed by atoms with van der Waals surface area (Å²) in [6.45, 7) is 0. The van der Waals surface area contributed by atoms with Gasteiger partial charge in [0.05, 0.1) is 17.1 Å². The fourth-order valence-electron chi connectivity index (χ4n) is 1.49. The Hall–Kier alpha value is -2.91. The van der Waals surface area contributed by atoms with Gasteiger partial charge in [-0.05, 0) is 12.5 Å². The molecule has 6 heteroatoms. The van der Waals surface area contributed by atoms with Crippen molar-refractivity contribution in [3.8, 4) is 24.5 Å². The van der Waals surface area contributed by atoms with Crippen LogP contribution in [0.4, 0.5) is 5.69 Å². The summed E-state index contributed by atoms with van der Waals surface area (Å²) in [7, 11) is 0. The van der Waals surface area contributed by atoms with E-state index in [9.17, 15) is 10.1 Å². The van der Waals surface area contributed by atoms with Crippen molar-refractivity contribution in [1.82, 2.24) is 4.98 Å². The van der Waals surface area contributed by atoms with Gasteiger partial charge >= 0.3 is 0 Å². The van der Waals surface area contributed by atoms with Gasteiger partial charge in [-0.15, -0.1) is 12.3 Å². The first-order valence-corrected chi connectivity index (χ1v) is 4.97. The summed E-state index contributed by atoms with van der Waals surface area (Å²) >= 11 is 0. The van der Waals surface area contributed by atoms with Crippen molar-refractivity contribution in [2.75, 3.05) is 0 Å². The van der Waals surface area contributed by atoms with E-state index in [0.29, 0.717) is 0 Å². The molecule has 0 N–H and O–H groups in total. The SMILES string of the molecule is C#CCCC(C#N)(C#N)c1ncccc1[N+](=O)[O-]. The van der Waals surface area contributed by atoms with E-state index in [1.807, 2.05) is 0 Å². The van der Waals surface area contributed by atoms with Crippen molar-refractivity contribution >= 4 is 5.69 Å². The zero-order valence-electron chi connectivity index (χ0n) is 9.33. The molecule has 0 saturated carbocycles. The van der Waals surface area contributed by atoms with Crippen LogP contribution in [0.3, 0.4) is 0 Å². The van der Waals surface area contributed by atoms with Crippen LogP contribution in [-0.2, 0) is 5.41 Å². The lowest BCUT2D eigenvalue weighted by atomic mass is 9.82. The molecule has 1 rings (SSSR count). The second-order valence-electron chi connectivity index (χ2n) is 3.46. The molecule has 0 radical (unpaired) electrons. The van der Waals surface area contributed by atoms with E-state index in [0.717, 1.165) is 0 Å². The van der Waals surface area contributed by atoms with Crippen LogP contribution in [0.15, 0.2) is 18.3 Å². The normalized spacial score (nSPS) is 9.83. The smallest absolute Gasteiger partial charge is 0.258 e. The summed E-state index contributed by atoms with van der Waals surface area (Å²) in [6.07, 6.45) is 6.57. The minimum Gasteiger partial charge on any atom is -0.258 e. The number of rotatable bonds is 4. The summed E-state index contributed by atoms with van der Waals surface area (Å²) in [5.74, 6) is 2.31. The molecule has 1 aromatic rings. The van der Waals surface area contributed by atoms with Gasteiger partial charge in [-0.3, -0.25) is 15.1 Å². The van der Waals surface area contributed by atoms with Crippen LogP contribution in [0.1, 0.15) is 18.5 Å². The molecule has 0 amide bonds. The minimum atomic E-state index is -1.68. The number of nitrogens with zero attached hydrogens (tertiary/aromatic N) is 4. The van der Waals surface area contributed by atoms with Gasteiger partial charge in [-0.25, -0.2) is 0 Å². The fourth-order valence-corrected chi connectivity index (χ4v) is 1.49. The fraction of sp³-hybridized carbons (Fsp3) is 0.250. The Morgan fingerprint density at radius 2 is 2.17 bits per heavy atom. The average Bonchev–Trinajstić information content (AvgIpc) is 2.41. The first-order valence-electron chi connectivity index (χ1n) is 4.97. The summed E-state index contributed by atoms with van der Waals surface area (Å²) in [4.78, 5) is 14.0. The first kappa shape index (κ1) is 13.2. The molecule has 88 valence electrons. The van der Waals surface area contributed by atoms with E-state index in [2.05, 4.69) is 10.9 Å². The van der Waals surface area contributed by atoms with Gasteiger partial charge in [0, 0.05) is 18.7 Å². The molecular formula is C12H8N4O2. The van der Waals surface area contributed by atoms with Crippen molar-refractivity contribution in [3.63, 3.8) is 0 Å². The zero-order valence-corrected chi connectivity index (χ0v) is 9.33. The Kier molecular flexibility index (Phi) is 3.97. The molecule has 0 bridgehead atoms. The third-order valence-electron chi connectivity index (χ3n) is 2.41. The van der Waals surface area contributed by atoms with Crippen molar-refractivity contribution in [3.05, 3.63) is 34.1 Å². The van der Waals surface area contributed by atoms with Crippen LogP contribution in [0.2, 0.25) is 0 Å². The molecule has 0 aliphatic heterocycles. The monoisotopic (exact) mass is 240 g/mol. The van der Waals surface area contributed by atoms with E-state index in [4.69, 9.17) is 16.9 Å². The third-order valence-corrected chi connectivity index (χ3v) is 2.41. The predicted molar refractivity (Wildman–Crippen MR) is 61.9 cm³/mol. The average molecular weight is 240 g/mol. The predicted octanol–water partition coefficient (Wildman–Crippen LogP) is 1.69. The Labute approximate surface area is 104 Å². The number of hydrogen-bond acceptors (Lipinski definition) is 5. The van der Waals surface area contributed by atoms with E-state index in [1.54, 1.807) is 12.1 Å². The zero-order chi connectivity index (χ0) is 13.6. The highest BCUT2D eigenvalue weighted by atomic mass is 16.6. The molecule has 6 nitrogen and oxygen atoms in total. The molecule has 0 atom stereocenters. The lowest BCUT2D eigenvalue weighted by Gasteiger charge is -2.16. The van der Waals surface area contributed by atoms with Crippen molar-refractivity contribution in [2.45, 2.75) is 18.3 Å². The number of aromatic nitrogens is 1. The van der Waals surface area contributed by atoms with Gasteiger partial charge in [0.15, 0.2) is 11.1 Å². The molecule has 0 spiro atoms. The first-order chi connectivity index (χ1) is 8.61. The number of nitriles is 2. The van der Waals surface area contributed by atoms with Crippen molar-refractivity contribution in [1.29, 1.82) is 10.5 Å². The van der Waals surface area contributed by atoms with Crippen LogP contribution >= 0.6 is 0 Å². The lowest BCUT2D eigenvalue weighted by Crippen LogP contribution is -2.24. The summed E-state index contributed by atoms with van der Waals surface area (Å²) in [5, 5.41) is 29.2. The quantitative estimate of drug-likeness (QED) is 0.452. The molecule has 1 heterocycles. The molecule has 0 unspecified atom stereocenters. The maximum atomic E-state index is 10.9. The van der Waals surface area contributed by atoms with Gasteiger partial charge in [-0.2, -0.15) is 10.5 Å². The topological polar surface area (TPSA) is 104 Å². The van der Waals surface area contributed by atoms with E-state index < -0.39 is 10.3 Å². The van der Waals surface area contributed by atoms with Gasteiger partial charge in [0.25, 0.3) is 5.69 Å². The maximum absolute atomic E-state index is 10.9. The summed E-state index contributed by atoms with van der Waals surface area (Å²) in [6, 6.07) is 6.16. The molecule has 0 aliphatic carbocycles. The summed E-state index contributed by atoms with van der Waals surface area (Å²) in [5.41, 5.74) is -2.19. The van der Waals surface area contributed by atoms with Crippen LogP contribution in [0.5, 0.6) is 0 Å². The molecule has 0 aliphatic rings. The Bertz CT molecular complexity index is 575. The summed E-state index contributed by atoms with van der Waals surface area (Å²) < 4.78 is 0. The number of hydrogen-bond donors (Lipinski definition) is 0. The highest BCUT2D eigenvalue weighted by molar-refractivity contribution is 5.48. The second kappa shape index (κ2) is 5.43. The molecule has 0 aromatic carbocycles. The van der Waals surface area contributed by atoms with Gasteiger partial charge in [0.1, 0.15) is 0 Å². The van der Waals surface area contributed by atoms with Crippen molar-refractivity contribution in [2.24, 2.45) is 0 Å². The molecule has 1 aromatic heterocycles. The Morgan fingerprint density at radius 1 is 1.50 bits per heavy atom. The standard InChI is InChI=1S/C12H8N4O2/c1-2-3-6-12(8-13,9-14)11-10(16(17)18)5-4-7-15-11/h1,4-5,7H,3,6H2. The molecule has 0 fully saturated rings. The van der Waals surface area contributed by atoms with E-state index in [-0.39, 0.29) is 24.2 Å². The van der Waals surface area contributed by atoms with E-state index in [1.165, 1.54) is 18.3 Å². The molecule has 0 saturated heterocycles. The van der Waals surface area contributed by atoms with Gasteiger partial charge < -0.3 is 0 Å². The Balaban J connectivity index is 3.42. The maximum Gasteiger partial charge on any atom is 0.293 e. The second-order valence-corrected chi connectivity index (χ2v) is 3.46. The number of pyridine rings is 1.